The predicted octanol–water partition coefficient (Wildman–Crippen LogP) is 2.96. The smallest absolute Gasteiger partial charge is 0.237 e. The first-order valence-corrected chi connectivity index (χ1v) is 7.03. The summed E-state index contributed by atoms with van der Waals surface area (Å²) in [5, 5.41) is 10.2. The lowest BCUT2D eigenvalue weighted by molar-refractivity contribution is -0.129. The number of carbonyl (C=O) groups excluding carboxylic acids is 1. The Balaban J connectivity index is 2.19. The van der Waals surface area contributed by atoms with Gasteiger partial charge in [0.15, 0.2) is 0 Å². The van der Waals surface area contributed by atoms with E-state index in [1.807, 2.05) is 18.2 Å². The molecule has 0 aromatic heterocycles. The van der Waals surface area contributed by atoms with Crippen LogP contribution in [0.1, 0.15) is 18.4 Å². The standard InChI is InChI=1S/C14H14Cl2N2O/c15-9-13(19)18-6-4-14(10-17,5-7-18)11-2-1-3-12(16)8-11/h1-3,8H,4-7,9H2. The topological polar surface area (TPSA) is 44.1 Å². The van der Waals surface area contributed by atoms with Crippen LogP contribution in [0.4, 0.5) is 0 Å². The van der Waals surface area contributed by atoms with Gasteiger partial charge in [-0.1, -0.05) is 23.7 Å². The molecular formula is C14H14Cl2N2O. The van der Waals surface area contributed by atoms with Gasteiger partial charge in [0, 0.05) is 18.1 Å². The first-order chi connectivity index (χ1) is 9.11. The minimum atomic E-state index is -0.548. The van der Waals surface area contributed by atoms with Gasteiger partial charge in [-0.05, 0) is 30.5 Å². The van der Waals surface area contributed by atoms with E-state index in [1.54, 1.807) is 11.0 Å². The van der Waals surface area contributed by atoms with Crippen molar-refractivity contribution in [2.75, 3.05) is 19.0 Å². The number of carbonyl (C=O) groups is 1. The second kappa shape index (κ2) is 5.81. The summed E-state index contributed by atoms with van der Waals surface area (Å²) in [5.41, 5.74) is 0.383. The van der Waals surface area contributed by atoms with Crippen LogP contribution >= 0.6 is 23.2 Å². The molecule has 0 spiro atoms. The van der Waals surface area contributed by atoms with Crippen molar-refractivity contribution in [2.24, 2.45) is 0 Å². The quantitative estimate of drug-likeness (QED) is 0.788. The van der Waals surface area contributed by atoms with Crippen molar-refractivity contribution < 1.29 is 4.79 Å². The summed E-state index contributed by atoms with van der Waals surface area (Å²) in [6, 6.07) is 9.82. The lowest BCUT2D eigenvalue weighted by Crippen LogP contribution is -2.45. The molecule has 0 aliphatic carbocycles. The van der Waals surface area contributed by atoms with E-state index in [-0.39, 0.29) is 11.8 Å². The molecule has 0 atom stereocenters. The lowest BCUT2D eigenvalue weighted by atomic mass is 9.74. The number of amides is 1. The highest BCUT2D eigenvalue weighted by Gasteiger charge is 2.37. The van der Waals surface area contributed by atoms with Crippen LogP contribution in [0.25, 0.3) is 0 Å². The fourth-order valence-corrected chi connectivity index (χ4v) is 2.83. The number of benzene rings is 1. The number of hydrogen-bond donors (Lipinski definition) is 0. The maximum Gasteiger partial charge on any atom is 0.237 e. The van der Waals surface area contributed by atoms with Crippen LogP contribution in [0.5, 0.6) is 0 Å². The number of nitrogens with zero attached hydrogens (tertiary/aromatic N) is 2. The van der Waals surface area contributed by atoms with E-state index in [2.05, 4.69) is 6.07 Å². The third-order valence-electron chi connectivity index (χ3n) is 3.68. The highest BCUT2D eigenvalue weighted by atomic mass is 35.5. The molecule has 1 amide bonds. The molecule has 0 bridgehead atoms. The molecule has 1 aromatic rings. The van der Waals surface area contributed by atoms with Gasteiger partial charge < -0.3 is 4.90 Å². The first-order valence-electron chi connectivity index (χ1n) is 6.12. The van der Waals surface area contributed by atoms with Crippen LogP contribution in [0.3, 0.4) is 0 Å². The molecule has 100 valence electrons. The normalized spacial score (nSPS) is 17.8. The monoisotopic (exact) mass is 296 g/mol. The van der Waals surface area contributed by atoms with Crippen molar-refractivity contribution in [2.45, 2.75) is 18.3 Å². The number of likely N-dealkylation sites (tertiary alicyclic amines) is 1. The number of nitriles is 1. The van der Waals surface area contributed by atoms with Crippen molar-refractivity contribution in [3.05, 3.63) is 34.9 Å². The summed E-state index contributed by atoms with van der Waals surface area (Å²) < 4.78 is 0. The molecule has 0 saturated carbocycles. The van der Waals surface area contributed by atoms with Gasteiger partial charge in [0.2, 0.25) is 5.91 Å². The van der Waals surface area contributed by atoms with E-state index in [1.165, 1.54) is 0 Å². The molecule has 0 N–H and O–H groups in total. The summed E-state index contributed by atoms with van der Waals surface area (Å²) in [4.78, 5) is 13.3. The molecule has 0 radical (unpaired) electrons. The summed E-state index contributed by atoms with van der Waals surface area (Å²) in [5.74, 6) is -0.0733. The summed E-state index contributed by atoms with van der Waals surface area (Å²) in [6.45, 7) is 1.12. The molecule has 5 heteroatoms. The molecule has 1 aliphatic rings. The van der Waals surface area contributed by atoms with Gasteiger partial charge in [0.1, 0.15) is 5.88 Å². The van der Waals surface area contributed by atoms with E-state index in [0.717, 1.165) is 5.56 Å². The number of halogens is 2. The van der Waals surface area contributed by atoms with Gasteiger partial charge in [0.25, 0.3) is 0 Å². The first kappa shape index (κ1) is 14.2. The molecule has 1 saturated heterocycles. The van der Waals surface area contributed by atoms with Crippen LogP contribution in [-0.4, -0.2) is 29.8 Å². The van der Waals surface area contributed by atoms with E-state index in [0.29, 0.717) is 31.0 Å². The second-order valence-electron chi connectivity index (χ2n) is 4.72. The molecule has 2 rings (SSSR count). The fraction of sp³-hybridized carbons (Fsp3) is 0.429. The average Bonchev–Trinajstić information content (AvgIpc) is 2.46. The predicted molar refractivity (Wildman–Crippen MR) is 75.3 cm³/mol. The van der Waals surface area contributed by atoms with Crippen molar-refractivity contribution >= 4 is 29.1 Å². The van der Waals surface area contributed by atoms with Crippen LogP contribution in [-0.2, 0) is 10.2 Å². The summed E-state index contributed by atoms with van der Waals surface area (Å²) >= 11 is 11.5. The molecule has 0 unspecified atom stereocenters. The number of piperidine rings is 1. The Labute approximate surface area is 122 Å². The third-order valence-corrected chi connectivity index (χ3v) is 4.14. The SMILES string of the molecule is N#CC1(c2cccc(Cl)c2)CCN(C(=O)CCl)CC1. The van der Waals surface area contributed by atoms with Gasteiger partial charge in [-0.2, -0.15) is 5.26 Å². The van der Waals surface area contributed by atoms with Crippen LogP contribution in [0.15, 0.2) is 24.3 Å². The van der Waals surface area contributed by atoms with Crippen molar-refractivity contribution in [3.8, 4) is 6.07 Å². The van der Waals surface area contributed by atoms with Gasteiger partial charge in [-0.15, -0.1) is 11.6 Å². The average molecular weight is 297 g/mol. The molecule has 1 aromatic carbocycles. The van der Waals surface area contributed by atoms with E-state index in [4.69, 9.17) is 23.2 Å². The highest BCUT2D eigenvalue weighted by Crippen LogP contribution is 2.36. The minimum absolute atomic E-state index is 0.00326. The van der Waals surface area contributed by atoms with Crippen LogP contribution < -0.4 is 0 Å². The zero-order chi connectivity index (χ0) is 13.9. The Morgan fingerprint density at radius 3 is 2.63 bits per heavy atom. The maximum absolute atomic E-state index is 11.5. The minimum Gasteiger partial charge on any atom is -0.342 e. The van der Waals surface area contributed by atoms with Gasteiger partial charge >= 0.3 is 0 Å². The fourth-order valence-electron chi connectivity index (χ4n) is 2.47. The van der Waals surface area contributed by atoms with Crippen LogP contribution in [0, 0.1) is 11.3 Å². The molecule has 1 fully saturated rings. The molecule has 1 heterocycles. The number of rotatable bonds is 2. The number of hydrogen-bond acceptors (Lipinski definition) is 2. The molecule has 3 nitrogen and oxygen atoms in total. The third kappa shape index (κ3) is 2.86. The highest BCUT2D eigenvalue weighted by molar-refractivity contribution is 6.30. The summed E-state index contributed by atoms with van der Waals surface area (Å²) in [6.07, 6.45) is 1.24. The molecule has 19 heavy (non-hydrogen) atoms. The number of alkyl halides is 1. The Bertz CT molecular complexity index is 516. The lowest BCUT2D eigenvalue weighted by Gasteiger charge is -2.37. The zero-order valence-electron chi connectivity index (χ0n) is 10.4. The van der Waals surface area contributed by atoms with E-state index < -0.39 is 5.41 Å². The van der Waals surface area contributed by atoms with Gasteiger partial charge in [-0.3, -0.25) is 4.79 Å². The Hall–Kier alpha value is -1.24. The molecular weight excluding hydrogens is 283 g/mol. The van der Waals surface area contributed by atoms with E-state index >= 15 is 0 Å². The van der Waals surface area contributed by atoms with Crippen molar-refractivity contribution in [3.63, 3.8) is 0 Å². The van der Waals surface area contributed by atoms with Crippen molar-refractivity contribution in [1.29, 1.82) is 5.26 Å². The van der Waals surface area contributed by atoms with E-state index in [9.17, 15) is 10.1 Å². The largest absolute Gasteiger partial charge is 0.342 e. The van der Waals surface area contributed by atoms with Gasteiger partial charge in [0.05, 0.1) is 11.5 Å². The van der Waals surface area contributed by atoms with Gasteiger partial charge in [-0.25, -0.2) is 0 Å². The summed E-state index contributed by atoms with van der Waals surface area (Å²) in [7, 11) is 0. The Morgan fingerprint density at radius 2 is 2.11 bits per heavy atom. The van der Waals surface area contributed by atoms with Crippen LogP contribution in [0.2, 0.25) is 5.02 Å². The second-order valence-corrected chi connectivity index (χ2v) is 5.42. The zero-order valence-corrected chi connectivity index (χ0v) is 11.9. The Kier molecular flexibility index (Phi) is 4.34. The Morgan fingerprint density at radius 1 is 1.42 bits per heavy atom. The maximum atomic E-state index is 11.5. The van der Waals surface area contributed by atoms with Crippen molar-refractivity contribution in [1.82, 2.24) is 4.90 Å². The molecule has 1 aliphatic heterocycles.